The van der Waals surface area contributed by atoms with E-state index in [1.165, 1.54) is 6.92 Å². The minimum atomic E-state index is -1.41. The van der Waals surface area contributed by atoms with Crippen LogP contribution in [-0.2, 0) is 4.79 Å². The van der Waals surface area contributed by atoms with Crippen LogP contribution in [0.4, 0.5) is 4.39 Å². The van der Waals surface area contributed by atoms with Crippen LogP contribution in [0.1, 0.15) is 35.4 Å². The summed E-state index contributed by atoms with van der Waals surface area (Å²) in [6.45, 7) is 1.39. The molecule has 0 aliphatic carbocycles. The SMILES string of the molecule is CC(=O)SCCC(O)C(O)c1cc(F)c(O)c(C=O)c1. The zero-order chi connectivity index (χ0) is 15.3. The van der Waals surface area contributed by atoms with Gasteiger partial charge in [0, 0.05) is 12.7 Å². The Morgan fingerprint density at radius 3 is 2.65 bits per heavy atom. The highest BCUT2D eigenvalue weighted by molar-refractivity contribution is 8.13. The fourth-order valence-electron chi connectivity index (χ4n) is 1.61. The molecule has 0 bridgehead atoms. The molecular formula is C13H15FO5S. The lowest BCUT2D eigenvalue weighted by atomic mass is 10.00. The fraction of sp³-hybridized carbons (Fsp3) is 0.385. The van der Waals surface area contributed by atoms with E-state index in [1.807, 2.05) is 0 Å². The smallest absolute Gasteiger partial charge is 0.185 e. The van der Waals surface area contributed by atoms with E-state index in [9.17, 15) is 29.3 Å². The highest BCUT2D eigenvalue weighted by Crippen LogP contribution is 2.27. The molecule has 0 fully saturated rings. The quantitative estimate of drug-likeness (QED) is 0.688. The van der Waals surface area contributed by atoms with Gasteiger partial charge in [-0.25, -0.2) is 4.39 Å². The molecule has 3 N–H and O–H groups in total. The van der Waals surface area contributed by atoms with Crippen molar-refractivity contribution in [3.05, 3.63) is 29.1 Å². The Balaban J connectivity index is 2.80. The van der Waals surface area contributed by atoms with Gasteiger partial charge in [-0.2, -0.15) is 0 Å². The summed E-state index contributed by atoms with van der Waals surface area (Å²) in [5, 5.41) is 28.8. The monoisotopic (exact) mass is 302 g/mol. The average molecular weight is 302 g/mol. The van der Waals surface area contributed by atoms with Crippen molar-refractivity contribution in [2.45, 2.75) is 25.6 Å². The number of aliphatic hydroxyl groups is 2. The molecule has 0 saturated carbocycles. The molecule has 7 heteroatoms. The van der Waals surface area contributed by atoms with Crippen LogP contribution in [0.15, 0.2) is 12.1 Å². The first kappa shape index (κ1) is 16.6. The van der Waals surface area contributed by atoms with Crippen molar-refractivity contribution in [1.29, 1.82) is 0 Å². The Morgan fingerprint density at radius 1 is 1.45 bits per heavy atom. The van der Waals surface area contributed by atoms with Crippen LogP contribution < -0.4 is 0 Å². The molecule has 2 atom stereocenters. The Labute approximate surface area is 119 Å². The first-order valence-corrected chi connectivity index (χ1v) is 6.82. The van der Waals surface area contributed by atoms with Crippen molar-refractivity contribution in [2.75, 3.05) is 5.75 Å². The van der Waals surface area contributed by atoms with Gasteiger partial charge in [0.1, 0.15) is 6.10 Å². The Bertz CT molecular complexity index is 506. The Hall–Kier alpha value is -1.44. The van der Waals surface area contributed by atoms with E-state index in [0.29, 0.717) is 5.75 Å². The minimum Gasteiger partial charge on any atom is -0.504 e. The van der Waals surface area contributed by atoms with Crippen LogP contribution in [0.3, 0.4) is 0 Å². The summed E-state index contributed by atoms with van der Waals surface area (Å²) >= 11 is 1.01. The Kier molecular flexibility index (Phi) is 6.12. The molecule has 1 aromatic rings. The van der Waals surface area contributed by atoms with E-state index < -0.39 is 23.8 Å². The van der Waals surface area contributed by atoms with Crippen LogP contribution in [0.2, 0.25) is 0 Å². The molecule has 0 saturated heterocycles. The maximum absolute atomic E-state index is 13.4. The average Bonchev–Trinajstić information content (AvgIpc) is 2.40. The summed E-state index contributed by atoms with van der Waals surface area (Å²) in [6, 6.07) is 1.96. The lowest BCUT2D eigenvalue weighted by molar-refractivity contribution is -0.109. The Morgan fingerprint density at radius 2 is 2.10 bits per heavy atom. The second-order valence-electron chi connectivity index (χ2n) is 4.20. The molecule has 1 aromatic carbocycles. The largest absolute Gasteiger partial charge is 0.504 e. The van der Waals surface area contributed by atoms with Crippen molar-refractivity contribution >= 4 is 23.2 Å². The van der Waals surface area contributed by atoms with Crippen LogP contribution >= 0.6 is 11.8 Å². The lowest BCUT2D eigenvalue weighted by Gasteiger charge is -2.18. The summed E-state index contributed by atoms with van der Waals surface area (Å²) in [5.74, 6) is -1.53. The second-order valence-corrected chi connectivity index (χ2v) is 5.47. The number of hydrogen-bond donors (Lipinski definition) is 3. The van der Waals surface area contributed by atoms with Crippen molar-refractivity contribution < 1.29 is 29.3 Å². The van der Waals surface area contributed by atoms with Crippen LogP contribution in [0, 0.1) is 5.82 Å². The van der Waals surface area contributed by atoms with Crippen molar-refractivity contribution in [3.63, 3.8) is 0 Å². The molecule has 0 aliphatic heterocycles. The number of aldehydes is 1. The molecule has 2 unspecified atom stereocenters. The molecule has 5 nitrogen and oxygen atoms in total. The van der Waals surface area contributed by atoms with E-state index in [1.54, 1.807) is 0 Å². The van der Waals surface area contributed by atoms with Gasteiger partial charge in [0.25, 0.3) is 0 Å². The predicted octanol–water partition coefficient (Wildman–Crippen LogP) is 1.41. The van der Waals surface area contributed by atoms with Gasteiger partial charge < -0.3 is 15.3 Å². The number of rotatable bonds is 6. The second kappa shape index (κ2) is 7.37. The fourth-order valence-corrected chi connectivity index (χ4v) is 2.25. The summed E-state index contributed by atoms with van der Waals surface area (Å²) in [4.78, 5) is 21.4. The molecule has 0 amide bonds. The number of hydrogen-bond acceptors (Lipinski definition) is 6. The number of benzene rings is 1. The van der Waals surface area contributed by atoms with Crippen molar-refractivity contribution in [2.24, 2.45) is 0 Å². The molecule has 0 aromatic heterocycles. The normalized spacial score (nSPS) is 13.8. The topological polar surface area (TPSA) is 94.8 Å². The molecule has 1 rings (SSSR count). The maximum atomic E-state index is 13.4. The van der Waals surface area contributed by atoms with Gasteiger partial charge in [-0.3, -0.25) is 9.59 Å². The predicted molar refractivity (Wildman–Crippen MR) is 72.2 cm³/mol. The standard InChI is InChI=1S/C13H15FO5S/c1-7(16)20-3-2-11(17)13(19)8-4-9(6-15)12(18)10(14)5-8/h4-6,11,13,17-19H,2-3H2,1H3. The molecular weight excluding hydrogens is 287 g/mol. The van der Waals surface area contributed by atoms with Crippen molar-refractivity contribution in [1.82, 2.24) is 0 Å². The summed E-state index contributed by atoms with van der Waals surface area (Å²) in [6.07, 6.45) is -2.22. The highest BCUT2D eigenvalue weighted by atomic mass is 32.2. The lowest BCUT2D eigenvalue weighted by Crippen LogP contribution is -2.19. The van der Waals surface area contributed by atoms with Gasteiger partial charge in [-0.15, -0.1) is 0 Å². The number of phenols is 1. The number of aromatic hydroxyl groups is 1. The van der Waals surface area contributed by atoms with E-state index >= 15 is 0 Å². The third-order valence-electron chi connectivity index (χ3n) is 2.67. The van der Waals surface area contributed by atoms with Gasteiger partial charge >= 0.3 is 0 Å². The molecule has 0 heterocycles. The number of phenolic OH excluding ortho intramolecular Hbond substituents is 1. The number of thioether (sulfide) groups is 1. The van der Waals surface area contributed by atoms with Crippen molar-refractivity contribution in [3.8, 4) is 5.75 Å². The summed E-state index contributed by atoms with van der Waals surface area (Å²) in [7, 11) is 0. The van der Waals surface area contributed by atoms with Crippen LogP contribution in [0.25, 0.3) is 0 Å². The molecule has 0 aliphatic rings. The van der Waals surface area contributed by atoms with Gasteiger partial charge in [-0.05, 0) is 24.1 Å². The van der Waals surface area contributed by atoms with Crippen LogP contribution in [-0.4, -0.2) is 38.6 Å². The molecule has 0 radical (unpaired) electrons. The number of carbonyl (C=O) groups is 2. The third kappa shape index (κ3) is 4.29. The van der Waals surface area contributed by atoms with Gasteiger partial charge in [0.2, 0.25) is 0 Å². The van der Waals surface area contributed by atoms with E-state index in [0.717, 1.165) is 23.9 Å². The molecule has 20 heavy (non-hydrogen) atoms. The zero-order valence-corrected chi connectivity index (χ0v) is 11.6. The number of aliphatic hydroxyl groups excluding tert-OH is 2. The summed E-state index contributed by atoms with van der Waals surface area (Å²) < 4.78 is 13.4. The maximum Gasteiger partial charge on any atom is 0.185 e. The third-order valence-corrected chi connectivity index (χ3v) is 3.51. The van der Waals surface area contributed by atoms with Gasteiger partial charge in [0.15, 0.2) is 23.0 Å². The van der Waals surface area contributed by atoms with Gasteiger partial charge in [-0.1, -0.05) is 11.8 Å². The summed E-state index contributed by atoms with van der Waals surface area (Å²) in [5.41, 5.74) is -0.313. The molecule has 0 spiro atoms. The number of carbonyl (C=O) groups excluding carboxylic acids is 2. The van der Waals surface area contributed by atoms with E-state index in [2.05, 4.69) is 0 Å². The zero-order valence-electron chi connectivity index (χ0n) is 10.7. The highest BCUT2D eigenvalue weighted by Gasteiger charge is 2.21. The first-order chi connectivity index (χ1) is 9.36. The molecule has 110 valence electrons. The minimum absolute atomic E-state index is 0.0114. The van der Waals surface area contributed by atoms with E-state index in [-0.39, 0.29) is 28.9 Å². The first-order valence-electron chi connectivity index (χ1n) is 5.84. The van der Waals surface area contributed by atoms with Gasteiger partial charge in [0.05, 0.1) is 11.7 Å². The van der Waals surface area contributed by atoms with E-state index in [4.69, 9.17) is 0 Å². The van der Waals surface area contributed by atoms with Crippen LogP contribution in [0.5, 0.6) is 5.75 Å². The number of halogens is 1.